The SMILES string of the molecule is CC(NC(=O)C1CCN(C(=O)C(C(=O)c2ccccc2)n2cc(Cl)ccc2=O)CC1)c1ccccc1. The van der Waals surface area contributed by atoms with Gasteiger partial charge in [-0.05, 0) is 31.4 Å². The number of pyridine rings is 1. The lowest BCUT2D eigenvalue weighted by Gasteiger charge is -2.34. The highest BCUT2D eigenvalue weighted by molar-refractivity contribution is 6.30. The van der Waals surface area contributed by atoms with Crippen LogP contribution in [-0.2, 0) is 9.59 Å². The number of Topliss-reactive ketones (excluding diaryl/α,β-unsaturated/α-hetero) is 1. The second-order valence-electron chi connectivity index (χ2n) is 8.97. The second kappa shape index (κ2) is 11.4. The van der Waals surface area contributed by atoms with Gasteiger partial charge in [0, 0.05) is 36.8 Å². The summed E-state index contributed by atoms with van der Waals surface area (Å²) in [5, 5.41) is 3.30. The van der Waals surface area contributed by atoms with Crippen LogP contribution in [0, 0.1) is 5.92 Å². The van der Waals surface area contributed by atoms with Gasteiger partial charge in [-0.15, -0.1) is 0 Å². The van der Waals surface area contributed by atoms with E-state index >= 15 is 0 Å². The number of benzene rings is 2. The average molecular weight is 506 g/mol. The van der Waals surface area contributed by atoms with Crippen LogP contribution < -0.4 is 10.9 Å². The summed E-state index contributed by atoms with van der Waals surface area (Å²) in [4.78, 5) is 54.1. The maximum atomic E-state index is 13.6. The first-order valence-corrected chi connectivity index (χ1v) is 12.3. The van der Waals surface area contributed by atoms with Gasteiger partial charge < -0.3 is 10.2 Å². The Balaban J connectivity index is 1.48. The van der Waals surface area contributed by atoms with Crippen molar-refractivity contribution in [2.75, 3.05) is 13.1 Å². The summed E-state index contributed by atoms with van der Waals surface area (Å²) in [5.74, 6) is -1.26. The normalized spacial score (nSPS) is 15.7. The van der Waals surface area contributed by atoms with E-state index in [1.807, 2.05) is 37.3 Å². The van der Waals surface area contributed by atoms with Crippen molar-refractivity contribution in [1.29, 1.82) is 0 Å². The number of ketones is 1. The molecule has 1 N–H and O–H groups in total. The number of nitrogens with one attached hydrogen (secondary N) is 1. The number of halogens is 1. The first-order valence-electron chi connectivity index (χ1n) is 12.0. The van der Waals surface area contributed by atoms with Crippen LogP contribution in [0.2, 0.25) is 5.02 Å². The molecule has 36 heavy (non-hydrogen) atoms. The third-order valence-electron chi connectivity index (χ3n) is 6.56. The van der Waals surface area contributed by atoms with Crippen LogP contribution in [0.4, 0.5) is 0 Å². The number of nitrogens with zero attached hydrogens (tertiary/aromatic N) is 2. The fourth-order valence-corrected chi connectivity index (χ4v) is 4.66. The summed E-state index contributed by atoms with van der Waals surface area (Å²) in [6.07, 6.45) is 2.25. The predicted octanol–water partition coefficient (Wildman–Crippen LogP) is 4.04. The molecule has 3 aromatic rings. The van der Waals surface area contributed by atoms with E-state index in [1.54, 1.807) is 35.2 Å². The third-order valence-corrected chi connectivity index (χ3v) is 6.78. The van der Waals surface area contributed by atoms with Gasteiger partial charge in [-0.25, -0.2) is 0 Å². The monoisotopic (exact) mass is 505 g/mol. The molecule has 4 rings (SSSR count). The van der Waals surface area contributed by atoms with Gasteiger partial charge in [-0.2, -0.15) is 0 Å². The van der Waals surface area contributed by atoms with E-state index in [4.69, 9.17) is 11.6 Å². The summed E-state index contributed by atoms with van der Waals surface area (Å²) >= 11 is 6.10. The highest BCUT2D eigenvalue weighted by Gasteiger charge is 2.36. The average Bonchev–Trinajstić information content (AvgIpc) is 2.91. The predicted molar refractivity (Wildman–Crippen MR) is 138 cm³/mol. The maximum absolute atomic E-state index is 13.6. The van der Waals surface area contributed by atoms with Crippen molar-refractivity contribution in [1.82, 2.24) is 14.8 Å². The molecule has 1 aromatic heterocycles. The van der Waals surface area contributed by atoms with Gasteiger partial charge in [0.25, 0.3) is 11.5 Å². The number of rotatable bonds is 7. The van der Waals surface area contributed by atoms with Crippen molar-refractivity contribution in [2.24, 2.45) is 5.92 Å². The fourth-order valence-electron chi connectivity index (χ4n) is 4.49. The van der Waals surface area contributed by atoms with Gasteiger partial charge in [-0.3, -0.25) is 23.7 Å². The van der Waals surface area contributed by atoms with E-state index in [0.717, 1.165) is 10.1 Å². The van der Waals surface area contributed by atoms with Gasteiger partial charge in [0.05, 0.1) is 11.1 Å². The van der Waals surface area contributed by atoms with E-state index in [1.165, 1.54) is 18.3 Å². The number of likely N-dealkylation sites (tertiary alicyclic amines) is 1. The van der Waals surface area contributed by atoms with Gasteiger partial charge in [0.1, 0.15) is 0 Å². The van der Waals surface area contributed by atoms with E-state index in [-0.39, 0.29) is 22.9 Å². The lowest BCUT2D eigenvalue weighted by Crippen LogP contribution is -2.48. The van der Waals surface area contributed by atoms with Crippen LogP contribution in [0.1, 0.15) is 47.8 Å². The van der Waals surface area contributed by atoms with Gasteiger partial charge in [0.15, 0.2) is 11.8 Å². The molecule has 1 fully saturated rings. The molecule has 2 amide bonds. The van der Waals surface area contributed by atoms with Gasteiger partial charge in [-0.1, -0.05) is 72.3 Å². The minimum absolute atomic E-state index is 0.0542. The Hall–Kier alpha value is -3.71. The van der Waals surface area contributed by atoms with Crippen molar-refractivity contribution in [3.05, 3.63) is 105 Å². The van der Waals surface area contributed by atoms with Crippen LogP contribution in [0.25, 0.3) is 0 Å². The van der Waals surface area contributed by atoms with Crippen molar-refractivity contribution in [2.45, 2.75) is 31.8 Å². The zero-order valence-corrected chi connectivity index (χ0v) is 20.7. The topological polar surface area (TPSA) is 88.5 Å². The first kappa shape index (κ1) is 25.4. The molecule has 0 aliphatic carbocycles. The molecule has 0 radical (unpaired) electrons. The van der Waals surface area contributed by atoms with Gasteiger partial charge in [0.2, 0.25) is 5.91 Å². The molecule has 2 heterocycles. The lowest BCUT2D eigenvalue weighted by molar-refractivity contribution is -0.137. The summed E-state index contributed by atoms with van der Waals surface area (Å²) in [5.41, 5.74) is 0.853. The molecule has 2 atom stereocenters. The smallest absolute Gasteiger partial charge is 0.253 e. The highest BCUT2D eigenvalue weighted by Crippen LogP contribution is 2.24. The molecule has 8 heteroatoms. The van der Waals surface area contributed by atoms with Crippen LogP contribution >= 0.6 is 11.6 Å². The summed E-state index contributed by atoms with van der Waals surface area (Å²) in [6.45, 7) is 2.56. The van der Waals surface area contributed by atoms with Crippen molar-refractivity contribution in [3.8, 4) is 0 Å². The Labute approximate surface area is 214 Å². The molecule has 2 unspecified atom stereocenters. The molecule has 0 spiro atoms. The Morgan fingerprint density at radius 3 is 2.17 bits per heavy atom. The van der Waals surface area contributed by atoms with Crippen LogP contribution in [0.3, 0.4) is 0 Å². The zero-order chi connectivity index (χ0) is 25.7. The summed E-state index contributed by atoms with van der Waals surface area (Å²) in [7, 11) is 0. The lowest BCUT2D eigenvalue weighted by atomic mass is 9.94. The summed E-state index contributed by atoms with van der Waals surface area (Å²) in [6, 6.07) is 19.3. The van der Waals surface area contributed by atoms with E-state index in [2.05, 4.69) is 5.32 Å². The number of carbonyl (C=O) groups is 3. The van der Waals surface area contributed by atoms with Crippen molar-refractivity contribution in [3.63, 3.8) is 0 Å². The molecule has 0 bridgehead atoms. The Morgan fingerprint density at radius 2 is 1.53 bits per heavy atom. The molecule has 1 aliphatic heterocycles. The van der Waals surface area contributed by atoms with Crippen LogP contribution in [0.5, 0.6) is 0 Å². The van der Waals surface area contributed by atoms with Crippen LogP contribution in [0.15, 0.2) is 83.8 Å². The number of hydrogen-bond acceptors (Lipinski definition) is 4. The summed E-state index contributed by atoms with van der Waals surface area (Å²) < 4.78 is 1.10. The van der Waals surface area contributed by atoms with E-state index < -0.39 is 23.3 Å². The van der Waals surface area contributed by atoms with Crippen LogP contribution in [-0.4, -0.2) is 40.2 Å². The fraction of sp³-hybridized carbons (Fsp3) is 0.286. The minimum atomic E-state index is -1.37. The maximum Gasteiger partial charge on any atom is 0.253 e. The molecule has 7 nitrogen and oxygen atoms in total. The number of carbonyl (C=O) groups excluding carboxylic acids is 3. The number of hydrogen-bond donors (Lipinski definition) is 1. The number of aromatic nitrogens is 1. The standard InChI is InChI=1S/C28H28ClN3O4/c1-19(20-8-4-2-5-9-20)30-27(35)22-14-16-31(17-15-22)28(36)25(26(34)21-10-6-3-7-11-21)32-18-23(29)12-13-24(32)33/h2-13,18-19,22,25H,14-17H2,1H3,(H,30,35). The number of piperidine rings is 1. The first-order chi connectivity index (χ1) is 17.3. The Bertz CT molecular complexity index is 1280. The Morgan fingerprint density at radius 1 is 0.917 bits per heavy atom. The largest absolute Gasteiger partial charge is 0.349 e. The highest BCUT2D eigenvalue weighted by atomic mass is 35.5. The van der Waals surface area contributed by atoms with Crippen molar-refractivity contribution >= 4 is 29.2 Å². The number of amides is 2. The van der Waals surface area contributed by atoms with Crippen molar-refractivity contribution < 1.29 is 14.4 Å². The minimum Gasteiger partial charge on any atom is -0.349 e. The molecule has 186 valence electrons. The molecular formula is C28H28ClN3O4. The third kappa shape index (κ3) is 5.74. The Kier molecular flexibility index (Phi) is 8.00. The molecule has 1 saturated heterocycles. The molecule has 0 saturated carbocycles. The molecule has 1 aliphatic rings. The quantitative estimate of drug-likeness (QED) is 0.387. The molecular weight excluding hydrogens is 478 g/mol. The zero-order valence-electron chi connectivity index (χ0n) is 20.0. The second-order valence-corrected chi connectivity index (χ2v) is 9.40. The van der Waals surface area contributed by atoms with E-state index in [9.17, 15) is 19.2 Å². The molecule has 2 aromatic carbocycles. The van der Waals surface area contributed by atoms with E-state index in [0.29, 0.717) is 31.5 Å². The van der Waals surface area contributed by atoms with Gasteiger partial charge >= 0.3 is 0 Å².